The second kappa shape index (κ2) is 11.5. The first-order valence-corrected chi connectivity index (χ1v) is 13.1. The van der Waals surface area contributed by atoms with Crippen LogP contribution in [0.15, 0.2) is 78.9 Å². The van der Waals surface area contributed by atoms with Crippen LogP contribution in [0.4, 0.5) is 0 Å². The Hall–Kier alpha value is -3.11. The molecule has 1 aliphatic carbocycles. The third kappa shape index (κ3) is 6.52. The van der Waals surface area contributed by atoms with Crippen LogP contribution in [0.25, 0.3) is 0 Å². The van der Waals surface area contributed by atoms with Crippen molar-refractivity contribution in [1.82, 2.24) is 10.2 Å². The molecule has 1 saturated heterocycles. The molecule has 1 fully saturated rings. The Kier molecular flexibility index (Phi) is 7.79. The van der Waals surface area contributed by atoms with Gasteiger partial charge in [-0.25, -0.2) is 0 Å². The summed E-state index contributed by atoms with van der Waals surface area (Å²) in [6.07, 6.45) is 5.32. The molecule has 1 heterocycles. The number of hydrogen-bond donors (Lipinski definition) is 1. The number of rotatable bonds is 9. The second-order valence-electron chi connectivity index (χ2n) is 10.1. The zero-order valence-electron chi connectivity index (χ0n) is 20.5. The van der Waals surface area contributed by atoms with Gasteiger partial charge in [0.15, 0.2) is 0 Å². The normalized spacial score (nSPS) is 19.8. The molecule has 3 aromatic rings. The molecule has 5 rings (SSSR count). The van der Waals surface area contributed by atoms with Gasteiger partial charge in [0.2, 0.25) is 5.91 Å². The van der Waals surface area contributed by atoms with Crippen LogP contribution >= 0.6 is 0 Å². The molecule has 0 saturated carbocycles. The number of benzene rings is 3. The average molecular weight is 469 g/mol. The number of nitrogens with one attached hydrogen (secondary N) is 1. The van der Waals surface area contributed by atoms with Gasteiger partial charge in [-0.15, -0.1) is 0 Å². The van der Waals surface area contributed by atoms with Gasteiger partial charge in [-0.2, -0.15) is 0 Å². The maximum absolute atomic E-state index is 13.2. The van der Waals surface area contributed by atoms with Gasteiger partial charge in [0.25, 0.3) is 0 Å². The van der Waals surface area contributed by atoms with E-state index in [1.165, 1.54) is 35.1 Å². The summed E-state index contributed by atoms with van der Waals surface area (Å²) in [7, 11) is 0. The van der Waals surface area contributed by atoms with Gasteiger partial charge in [-0.1, -0.05) is 66.7 Å². The molecule has 0 spiro atoms. The molecule has 35 heavy (non-hydrogen) atoms. The minimum Gasteiger partial charge on any atom is -0.493 e. The first-order valence-electron chi connectivity index (χ1n) is 13.1. The van der Waals surface area contributed by atoms with Crippen molar-refractivity contribution in [3.8, 4) is 5.75 Å². The van der Waals surface area contributed by atoms with Crippen molar-refractivity contribution in [2.75, 3.05) is 26.2 Å². The molecule has 0 radical (unpaired) electrons. The van der Waals surface area contributed by atoms with E-state index in [0.29, 0.717) is 19.1 Å². The average Bonchev–Trinajstić information content (AvgIpc) is 3.37. The van der Waals surface area contributed by atoms with Crippen molar-refractivity contribution in [2.24, 2.45) is 11.8 Å². The van der Waals surface area contributed by atoms with Crippen LogP contribution in [0.5, 0.6) is 5.75 Å². The molecular weight excluding hydrogens is 432 g/mol. The minimum absolute atomic E-state index is 0.0168. The van der Waals surface area contributed by atoms with E-state index in [2.05, 4.69) is 70.9 Å². The third-order valence-corrected chi connectivity index (χ3v) is 7.34. The van der Waals surface area contributed by atoms with Crippen molar-refractivity contribution >= 4 is 5.91 Å². The van der Waals surface area contributed by atoms with Gasteiger partial charge in [0, 0.05) is 32.1 Å². The molecule has 3 aromatic carbocycles. The first kappa shape index (κ1) is 23.6. The first-order chi connectivity index (χ1) is 17.2. The van der Waals surface area contributed by atoms with E-state index in [1.54, 1.807) is 0 Å². The number of nitrogens with zero attached hydrogens (tertiary/aromatic N) is 1. The molecule has 1 amide bonds. The van der Waals surface area contributed by atoms with Crippen LogP contribution < -0.4 is 10.1 Å². The van der Waals surface area contributed by atoms with Crippen LogP contribution in [0.3, 0.4) is 0 Å². The summed E-state index contributed by atoms with van der Waals surface area (Å²) in [6.45, 7) is 3.94. The lowest BCUT2D eigenvalue weighted by molar-refractivity contribution is -0.127. The number of hydrogen-bond acceptors (Lipinski definition) is 3. The summed E-state index contributed by atoms with van der Waals surface area (Å²) in [5, 5.41) is 3.20. The lowest BCUT2D eigenvalue weighted by Gasteiger charge is -2.37. The molecule has 1 N–H and O–H groups in total. The Balaban J connectivity index is 1.20. The highest BCUT2D eigenvalue weighted by molar-refractivity contribution is 5.79. The lowest BCUT2D eigenvalue weighted by atomic mass is 9.88. The Morgan fingerprint density at radius 2 is 1.63 bits per heavy atom. The zero-order chi connectivity index (χ0) is 23.9. The Morgan fingerprint density at radius 3 is 2.43 bits per heavy atom. The molecular formula is C31H36N2O2. The number of amides is 1. The van der Waals surface area contributed by atoms with Gasteiger partial charge < -0.3 is 10.1 Å². The summed E-state index contributed by atoms with van der Waals surface area (Å²) in [4.78, 5) is 15.6. The van der Waals surface area contributed by atoms with Crippen molar-refractivity contribution in [1.29, 1.82) is 0 Å². The monoisotopic (exact) mass is 468 g/mol. The van der Waals surface area contributed by atoms with Crippen LogP contribution in [0, 0.1) is 11.8 Å². The number of carbonyl (C=O) groups excluding carboxylic acids is 1. The van der Waals surface area contributed by atoms with Crippen LogP contribution in [0.1, 0.15) is 35.1 Å². The van der Waals surface area contributed by atoms with Crippen molar-refractivity contribution < 1.29 is 9.53 Å². The fourth-order valence-electron chi connectivity index (χ4n) is 5.56. The summed E-state index contributed by atoms with van der Waals surface area (Å²) < 4.78 is 6.28. The predicted octanol–water partition coefficient (Wildman–Crippen LogP) is 5.05. The standard InChI is InChI=1S/C31H36N2O2/c34-31(32-17-16-24-8-3-1-4-9-24)29-18-26(21-33(22-29)20-25-10-5-2-6-11-25)23-35-30-15-14-27-12-7-13-28(27)19-30/h1-6,8-11,14-15,19,26,29H,7,12-13,16-18,20-23H2,(H,32,34)/t26-,29+/m0/s1. The quantitative estimate of drug-likeness (QED) is 0.478. The molecule has 2 aliphatic rings. The smallest absolute Gasteiger partial charge is 0.224 e. The van der Waals surface area contributed by atoms with Gasteiger partial charge in [-0.05, 0) is 66.5 Å². The van der Waals surface area contributed by atoms with Crippen molar-refractivity contribution in [2.45, 2.75) is 38.6 Å². The second-order valence-corrected chi connectivity index (χ2v) is 10.1. The number of piperidine rings is 1. The largest absolute Gasteiger partial charge is 0.493 e. The highest BCUT2D eigenvalue weighted by atomic mass is 16.5. The molecule has 1 aliphatic heterocycles. The highest BCUT2D eigenvalue weighted by Gasteiger charge is 2.32. The summed E-state index contributed by atoms with van der Waals surface area (Å²) in [5.74, 6) is 1.44. The van der Waals surface area contributed by atoms with E-state index < -0.39 is 0 Å². The molecule has 4 heteroatoms. The van der Waals surface area contributed by atoms with Crippen LogP contribution in [0.2, 0.25) is 0 Å². The topological polar surface area (TPSA) is 41.6 Å². The zero-order valence-corrected chi connectivity index (χ0v) is 20.5. The molecule has 4 nitrogen and oxygen atoms in total. The number of fused-ring (bicyclic) bond motifs is 1. The van der Waals surface area contributed by atoms with Gasteiger partial charge in [-0.3, -0.25) is 9.69 Å². The van der Waals surface area contributed by atoms with Gasteiger partial charge >= 0.3 is 0 Å². The number of carbonyl (C=O) groups is 1. The Morgan fingerprint density at radius 1 is 0.886 bits per heavy atom. The third-order valence-electron chi connectivity index (χ3n) is 7.34. The number of ether oxygens (including phenoxy) is 1. The Bertz CT molecular complexity index is 1100. The van der Waals surface area contributed by atoms with E-state index in [4.69, 9.17) is 4.74 Å². The number of aryl methyl sites for hydroxylation is 2. The summed E-state index contributed by atoms with van der Waals surface area (Å²) in [6, 6.07) is 27.5. The fourth-order valence-corrected chi connectivity index (χ4v) is 5.56. The molecule has 0 bridgehead atoms. The highest BCUT2D eigenvalue weighted by Crippen LogP contribution is 2.28. The summed E-state index contributed by atoms with van der Waals surface area (Å²) in [5.41, 5.74) is 5.45. The van der Waals surface area contributed by atoms with Gasteiger partial charge in [0.05, 0.1) is 12.5 Å². The van der Waals surface area contributed by atoms with Crippen molar-refractivity contribution in [3.05, 3.63) is 101 Å². The molecule has 0 aromatic heterocycles. The number of likely N-dealkylation sites (tertiary alicyclic amines) is 1. The van der Waals surface area contributed by atoms with Crippen LogP contribution in [-0.2, 0) is 30.6 Å². The molecule has 0 unspecified atom stereocenters. The predicted molar refractivity (Wildman–Crippen MR) is 140 cm³/mol. The van der Waals surface area contributed by atoms with E-state index in [0.717, 1.165) is 44.6 Å². The van der Waals surface area contributed by atoms with E-state index in [-0.39, 0.29) is 11.8 Å². The molecule has 2 atom stereocenters. The van der Waals surface area contributed by atoms with Crippen LogP contribution in [-0.4, -0.2) is 37.0 Å². The van der Waals surface area contributed by atoms with E-state index >= 15 is 0 Å². The maximum atomic E-state index is 13.2. The summed E-state index contributed by atoms with van der Waals surface area (Å²) >= 11 is 0. The van der Waals surface area contributed by atoms with Gasteiger partial charge in [0.1, 0.15) is 5.75 Å². The van der Waals surface area contributed by atoms with E-state index in [1.807, 2.05) is 18.2 Å². The molecule has 182 valence electrons. The SMILES string of the molecule is O=C(NCCc1ccccc1)[C@@H]1C[C@H](COc2ccc3c(c2)CCC3)CN(Cc2ccccc2)C1. The fraction of sp³-hybridized carbons (Fsp3) is 0.387. The maximum Gasteiger partial charge on any atom is 0.224 e. The lowest BCUT2D eigenvalue weighted by Crippen LogP contribution is -2.47. The Labute approximate surface area is 209 Å². The van der Waals surface area contributed by atoms with Crippen molar-refractivity contribution in [3.63, 3.8) is 0 Å². The van der Waals surface area contributed by atoms with E-state index in [9.17, 15) is 4.79 Å². The minimum atomic E-state index is -0.0168.